The van der Waals surface area contributed by atoms with Crippen molar-refractivity contribution in [2.75, 3.05) is 45.8 Å². The molecule has 1 fully saturated rings. The van der Waals surface area contributed by atoms with Crippen molar-refractivity contribution in [1.29, 1.82) is 0 Å². The minimum absolute atomic E-state index is 0.0280. The molecule has 1 saturated heterocycles. The van der Waals surface area contributed by atoms with E-state index in [-0.39, 0.29) is 12.5 Å². The van der Waals surface area contributed by atoms with Crippen LogP contribution in [0.1, 0.15) is 0 Å². The van der Waals surface area contributed by atoms with Gasteiger partial charge in [0.2, 0.25) is 0 Å². The average Bonchev–Trinajstić information content (AvgIpc) is 2.46. The third kappa shape index (κ3) is 3.51. The Balaban J connectivity index is 1.94. The standard InChI is InChI=1S/C13H18N2O4/c1-17-11-3-2-10(14)8-12(11)19-9-13(16)15-4-6-18-7-5-15/h2-3,8H,4-7,9,14H2,1H3. The number of benzene rings is 1. The summed E-state index contributed by atoms with van der Waals surface area (Å²) < 4.78 is 15.8. The number of carbonyl (C=O) groups is 1. The molecule has 6 nitrogen and oxygen atoms in total. The largest absolute Gasteiger partial charge is 0.493 e. The van der Waals surface area contributed by atoms with E-state index in [1.165, 1.54) is 0 Å². The van der Waals surface area contributed by atoms with E-state index < -0.39 is 0 Å². The number of hydrogen-bond acceptors (Lipinski definition) is 5. The van der Waals surface area contributed by atoms with Crippen LogP contribution in [0.25, 0.3) is 0 Å². The van der Waals surface area contributed by atoms with Crippen molar-refractivity contribution < 1.29 is 19.0 Å². The first kappa shape index (κ1) is 13.5. The molecule has 0 aliphatic carbocycles. The third-order valence-electron chi connectivity index (χ3n) is 2.90. The first-order valence-corrected chi connectivity index (χ1v) is 6.12. The van der Waals surface area contributed by atoms with Gasteiger partial charge in [0.05, 0.1) is 20.3 Å². The smallest absolute Gasteiger partial charge is 0.260 e. The third-order valence-corrected chi connectivity index (χ3v) is 2.90. The quantitative estimate of drug-likeness (QED) is 0.804. The molecule has 0 aromatic heterocycles. The Bertz CT molecular complexity index is 444. The fourth-order valence-corrected chi connectivity index (χ4v) is 1.85. The van der Waals surface area contributed by atoms with Gasteiger partial charge >= 0.3 is 0 Å². The molecule has 19 heavy (non-hydrogen) atoms. The van der Waals surface area contributed by atoms with Crippen LogP contribution >= 0.6 is 0 Å². The van der Waals surface area contributed by atoms with Crippen LogP contribution in [0.3, 0.4) is 0 Å². The molecule has 2 rings (SSSR count). The molecule has 1 aliphatic rings. The molecule has 0 bridgehead atoms. The van der Waals surface area contributed by atoms with Gasteiger partial charge in [-0.3, -0.25) is 4.79 Å². The highest BCUT2D eigenvalue weighted by Crippen LogP contribution is 2.28. The van der Waals surface area contributed by atoms with Crippen molar-refractivity contribution in [2.24, 2.45) is 0 Å². The van der Waals surface area contributed by atoms with Gasteiger partial charge in [0.25, 0.3) is 5.91 Å². The van der Waals surface area contributed by atoms with Gasteiger partial charge in [-0.25, -0.2) is 0 Å². The van der Waals surface area contributed by atoms with E-state index in [1.807, 2.05) is 0 Å². The summed E-state index contributed by atoms with van der Waals surface area (Å²) in [5.41, 5.74) is 6.25. The zero-order valence-electron chi connectivity index (χ0n) is 10.9. The summed E-state index contributed by atoms with van der Waals surface area (Å²) in [7, 11) is 1.54. The lowest BCUT2D eigenvalue weighted by atomic mass is 10.3. The first-order valence-electron chi connectivity index (χ1n) is 6.12. The molecule has 1 aromatic rings. The molecule has 0 saturated carbocycles. The van der Waals surface area contributed by atoms with Crippen LogP contribution < -0.4 is 15.2 Å². The molecule has 2 N–H and O–H groups in total. The predicted octanol–water partition coefficient (Wildman–Crippen LogP) is 0.515. The van der Waals surface area contributed by atoms with Gasteiger partial charge < -0.3 is 24.8 Å². The number of hydrogen-bond donors (Lipinski definition) is 1. The fourth-order valence-electron chi connectivity index (χ4n) is 1.85. The molecule has 0 atom stereocenters. The molecule has 1 aromatic carbocycles. The van der Waals surface area contributed by atoms with E-state index in [0.29, 0.717) is 43.5 Å². The number of nitrogen functional groups attached to an aromatic ring is 1. The second kappa shape index (κ2) is 6.29. The minimum atomic E-state index is -0.0622. The fraction of sp³-hybridized carbons (Fsp3) is 0.462. The van der Waals surface area contributed by atoms with Crippen LogP contribution in [0.4, 0.5) is 5.69 Å². The molecule has 0 unspecified atom stereocenters. The highest BCUT2D eigenvalue weighted by Gasteiger charge is 2.17. The van der Waals surface area contributed by atoms with Gasteiger partial charge in [-0.15, -0.1) is 0 Å². The Morgan fingerprint density at radius 1 is 1.37 bits per heavy atom. The van der Waals surface area contributed by atoms with E-state index in [9.17, 15) is 4.79 Å². The Morgan fingerprint density at radius 2 is 2.11 bits per heavy atom. The summed E-state index contributed by atoms with van der Waals surface area (Å²) in [4.78, 5) is 13.7. The van der Waals surface area contributed by atoms with Crippen LogP contribution in [-0.2, 0) is 9.53 Å². The van der Waals surface area contributed by atoms with Gasteiger partial charge in [-0.05, 0) is 12.1 Å². The maximum absolute atomic E-state index is 11.9. The minimum Gasteiger partial charge on any atom is -0.493 e. The normalized spacial score (nSPS) is 15.1. The summed E-state index contributed by atoms with van der Waals surface area (Å²) in [5, 5.41) is 0. The zero-order valence-corrected chi connectivity index (χ0v) is 10.9. The lowest BCUT2D eigenvalue weighted by molar-refractivity contribution is -0.137. The number of rotatable bonds is 4. The summed E-state index contributed by atoms with van der Waals surface area (Å²) >= 11 is 0. The average molecular weight is 266 g/mol. The Morgan fingerprint density at radius 3 is 2.79 bits per heavy atom. The molecule has 1 aliphatic heterocycles. The molecule has 104 valence electrons. The Kier molecular flexibility index (Phi) is 4.46. The molecule has 1 amide bonds. The van der Waals surface area contributed by atoms with Crippen LogP contribution in [-0.4, -0.2) is 50.8 Å². The maximum atomic E-state index is 11.9. The van der Waals surface area contributed by atoms with Crippen LogP contribution in [0.2, 0.25) is 0 Å². The van der Waals surface area contributed by atoms with Crippen molar-refractivity contribution >= 4 is 11.6 Å². The summed E-state index contributed by atoms with van der Waals surface area (Å²) in [6, 6.07) is 5.07. The number of anilines is 1. The maximum Gasteiger partial charge on any atom is 0.260 e. The number of ether oxygens (including phenoxy) is 3. The van der Waals surface area contributed by atoms with E-state index in [1.54, 1.807) is 30.2 Å². The highest BCUT2D eigenvalue weighted by molar-refractivity contribution is 5.78. The number of carbonyl (C=O) groups excluding carboxylic acids is 1. The number of nitrogens with zero attached hydrogens (tertiary/aromatic N) is 1. The molecule has 6 heteroatoms. The SMILES string of the molecule is COc1ccc(N)cc1OCC(=O)N1CCOCC1. The van der Waals surface area contributed by atoms with Crippen molar-refractivity contribution in [1.82, 2.24) is 4.90 Å². The zero-order chi connectivity index (χ0) is 13.7. The molecule has 0 spiro atoms. The number of nitrogens with two attached hydrogens (primary N) is 1. The molecular weight excluding hydrogens is 248 g/mol. The van der Waals surface area contributed by atoms with Crippen molar-refractivity contribution in [3.63, 3.8) is 0 Å². The highest BCUT2D eigenvalue weighted by atomic mass is 16.5. The van der Waals surface area contributed by atoms with Crippen molar-refractivity contribution in [2.45, 2.75) is 0 Å². The van der Waals surface area contributed by atoms with Gasteiger partial charge in [-0.1, -0.05) is 0 Å². The van der Waals surface area contributed by atoms with E-state index in [4.69, 9.17) is 19.9 Å². The van der Waals surface area contributed by atoms with E-state index >= 15 is 0 Å². The summed E-state index contributed by atoms with van der Waals surface area (Å²) in [5.74, 6) is 0.973. The molecule has 0 radical (unpaired) electrons. The van der Waals surface area contributed by atoms with Gasteiger partial charge in [0, 0.05) is 24.8 Å². The number of methoxy groups -OCH3 is 1. The van der Waals surface area contributed by atoms with Gasteiger partial charge in [0.1, 0.15) is 0 Å². The van der Waals surface area contributed by atoms with E-state index in [0.717, 1.165) is 0 Å². The lowest BCUT2D eigenvalue weighted by Crippen LogP contribution is -2.43. The molecule has 1 heterocycles. The Labute approximate surface area is 112 Å². The van der Waals surface area contributed by atoms with Crippen LogP contribution in [0.5, 0.6) is 11.5 Å². The van der Waals surface area contributed by atoms with E-state index in [2.05, 4.69) is 0 Å². The second-order valence-electron chi connectivity index (χ2n) is 4.19. The topological polar surface area (TPSA) is 74.0 Å². The van der Waals surface area contributed by atoms with Gasteiger partial charge in [0.15, 0.2) is 18.1 Å². The monoisotopic (exact) mass is 266 g/mol. The van der Waals surface area contributed by atoms with Crippen LogP contribution in [0.15, 0.2) is 18.2 Å². The summed E-state index contributed by atoms with van der Waals surface area (Å²) in [6.07, 6.45) is 0. The van der Waals surface area contributed by atoms with Crippen molar-refractivity contribution in [3.05, 3.63) is 18.2 Å². The predicted molar refractivity (Wildman–Crippen MR) is 70.3 cm³/mol. The first-order chi connectivity index (χ1) is 9.20. The Hall–Kier alpha value is -1.95. The summed E-state index contributed by atoms with van der Waals surface area (Å²) in [6.45, 7) is 2.34. The number of amides is 1. The molecular formula is C13H18N2O4. The lowest BCUT2D eigenvalue weighted by Gasteiger charge is -2.26. The van der Waals surface area contributed by atoms with Crippen molar-refractivity contribution in [3.8, 4) is 11.5 Å². The van der Waals surface area contributed by atoms with Crippen LogP contribution in [0, 0.1) is 0 Å². The second-order valence-corrected chi connectivity index (χ2v) is 4.19. The van der Waals surface area contributed by atoms with Gasteiger partial charge in [-0.2, -0.15) is 0 Å². The number of morpholine rings is 1.